The lowest BCUT2D eigenvalue weighted by Crippen LogP contribution is -2.50. The van der Waals surface area contributed by atoms with Gasteiger partial charge < -0.3 is 15.8 Å². The lowest BCUT2D eigenvalue weighted by atomic mass is 9.88. The number of carbonyl (C=O) groups excluding carboxylic acids is 1. The first-order valence-electron chi connectivity index (χ1n) is 9.29. The highest BCUT2D eigenvalue weighted by atomic mass is 35.5. The minimum absolute atomic E-state index is 0. The topological polar surface area (TPSA) is 64.3 Å². The Hall–Kier alpha value is -1.88. The van der Waals surface area contributed by atoms with Gasteiger partial charge in [-0.05, 0) is 37.8 Å². The molecule has 2 aromatic rings. The molecule has 3 rings (SSSR count). The molecule has 1 heterocycles. The van der Waals surface area contributed by atoms with E-state index in [1.807, 2.05) is 30.3 Å². The summed E-state index contributed by atoms with van der Waals surface area (Å²) in [4.78, 5) is 12.7. The Morgan fingerprint density at radius 2 is 1.85 bits per heavy atom. The van der Waals surface area contributed by atoms with Gasteiger partial charge in [0.1, 0.15) is 5.54 Å². The second-order valence-corrected chi connectivity index (χ2v) is 7.38. The van der Waals surface area contributed by atoms with E-state index in [1.165, 1.54) is 11.1 Å². The summed E-state index contributed by atoms with van der Waals surface area (Å²) >= 11 is 0. The zero-order valence-electron chi connectivity index (χ0n) is 16.0. The Morgan fingerprint density at radius 1 is 1.19 bits per heavy atom. The van der Waals surface area contributed by atoms with Crippen molar-refractivity contribution in [1.29, 1.82) is 0 Å². The van der Waals surface area contributed by atoms with E-state index < -0.39 is 5.54 Å². The summed E-state index contributed by atoms with van der Waals surface area (Å²) in [7, 11) is 0. The van der Waals surface area contributed by atoms with Crippen molar-refractivity contribution in [3.63, 3.8) is 0 Å². The van der Waals surface area contributed by atoms with Crippen LogP contribution in [0.15, 0.2) is 54.6 Å². The molecule has 1 amide bonds. The van der Waals surface area contributed by atoms with Gasteiger partial charge in [-0.2, -0.15) is 0 Å². The van der Waals surface area contributed by atoms with Crippen molar-refractivity contribution < 1.29 is 9.53 Å². The maximum atomic E-state index is 12.7. The molecular weight excluding hydrogens is 360 g/mol. The fourth-order valence-corrected chi connectivity index (χ4v) is 3.50. The van der Waals surface area contributed by atoms with Crippen LogP contribution in [0, 0.1) is 12.8 Å². The van der Waals surface area contributed by atoms with Crippen LogP contribution in [0.2, 0.25) is 0 Å². The van der Waals surface area contributed by atoms with E-state index >= 15 is 0 Å². The minimum Gasteiger partial charge on any atom is -0.373 e. The third-order valence-corrected chi connectivity index (χ3v) is 5.22. The third kappa shape index (κ3) is 5.10. The summed E-state index contributed by atoms with van der Waals surface area (Å²) in [6, 6.07) is 17.9. The average Bonchev–Trinajstić information content (AvgIpc) is 2.67. The first-order valence-corrected chi connectivity index (χ1v) is 9.29. The number of amides is 1. The molecule has 0 radical (unpaired) electrons. The SMILES string of the molecule is Cc1ccc(C2OCCCC2CNC(=O)C(C)(N)c2ccccc2)cc1.Cl. The average molecular weight is 389 g/mol. The van der Waals surface area contributed by atoms with Gasteiger partial charge in [-0.15, -0.1) is 12.4 Å². The van der Waals surface area contributed by atoms with E-state index in [2.05, 4.69) is 36.5 Å². The molecule has 0 bridgehead atoms. The molecule has 146 valence electrons. The van der Waals surface area contributed by atoms with Gasteiger partial charge in [-0.1, -0.05) is 60.2 Å². The van der Waals surface area contributed by atoms with Crippen molar-refractivity contribution in [1.82, 2.24) is 5.32 Å². The molecule has 3 N–H and O–H groups in total. The Bertz CT molecular complexity index is 732. The van der Waals surface area contributed by atoms with E-state index in [0.29, 0.717) is 6.54 Å². The summed E-state index contributed by atoms with van der Waals surface area (Å²) in [6.45, 7) is 5.17. The largest absolute Gasteiger partial charge is 0.373 e. The smallest absolute Gasteiger partial charge is 0.244 e. The molecule has 0 spiro atoms. The summed E-state index contributed by atoms with van der Waals surface area (Å²) < 4.78 is 6.04. The number of halogens is 1. The Labute approximate surface area is 167 Å². The zero-order valence-corrected chi connectivity index (χ0v) is 16.8. The number of ether oxygens (including phenoxy) is 1. The summed E-state index contributed by atoms with van der Waals surface area (Å²) in [6.07, 6.45) is 2.07. The number of nitrogens with one attached hydrogen (secondary N) is 1. The van der Waals surface area contributed by atoms with Gasteiger partial charge in [0.2, 0.25) is 5.91 Å². The Balaban J connectivity index is 0.00000261. The van der Waals surface area contributed by atoms with Crippen LogP contribution in [-0.4, -0.2) is 19.1 Å². The predicted molar refractivity (Wildman–Crippen MR) is 111 cm³/mol. The molecule has 3 atom stereocenters. The second kappa shape index (κ2) is 9.36. The number of hydrogen-bond acceptors (Lipinski definition) is 3. The lowest BCUT2D eigenvalue weighted by Gasteiger charge is -2.33. The fraction of sp³-hybridized carbons (Fsp3) is 0.409. The highest BCUT2D eigenvalue weighted by molar-refractivity contribution is 5.87. The quantitative estimate of drug-likeness (QED) is 0.817. The number of benzene rings is 2. The summed E-state index contributed by atoms with van der Waals surface area (Å²) in [5, 5.41) is 3.06. The monoisotopic (exact) mass is 388 g/mol. The van der Waals surface area contributed by atoms with E-state index in [-0.39, 0.29) is 30.3 Å². The van der Waals surface area contributed by atoms with Crippen LogP contribution >= 0.6 is 12.4 Å². The fourth-order valence-electron chi connectivity index (χ4n) is 3.50. The molecular formula is C22H29ClN2O2. The molecule has 0 saturated carbocycles. The molecule has 1 aliphatic heterocycles. The lowest BCUT2D eigenvalue weighted by molar-refractivity contribution is -0.126. The first-order chi connectivity index (χ1) is 12.5. The van der Waals surface area contributed by atoms with Crippen molar-refractivity contribution in [2.75, 3.05) is 13.2 Å². The van der Waals surface area contributed by atoms with E-state index in [1.54, 1.807) is 6.92 Å². The van der Waals surface area contributed by atoms with Gasteiger partial charge in [0.05, 0.1) is 6.10 Å². The van der Waals surface area contributed by atoms with E-state index in [4.69, 9.17) is 10.5 Å². The van der Waals surface area contributed by atoms with E-state index in [0.717, 1.165) is 25.0 Å². The van der Waals surface area contributed by atoms with Crippen molar-refractivity contribution in [3.05, 3.63) is 71.3 Å². The molecule has 0 aromatic heterocycles. The van der Waals surface area contributed by atoms with Crippen LogP contribution in [0.4, 0.5) is 0 Å². The highest BCUT2D eigenvalue weighted by Gasteiger charge is 2.33. The number of rotatable bonds is 5. The molecule has 4 nitrogen and oxygen atoms in total. The normalized spacial score (nSPS) is 21.6. The van der Waals surface area contributed by atoms with Crippen molar-refractivity contribution >= 4 is 18.3 Å². The maximum Gasteiger partial charge on any atom is 0.244 e. The predicted octanol–water partition coefficient (Wildman–Crippen LogP) is 3.87. The maximum absolute atomic E-state index is 12.7. The van der Waals surface area contributed by atoms with Gasteiger partial charge in [-0.25, -0.2) is 0 Å². The standard InChI is InChI=1S/C22H28N2O2.ClH/c1-16-10-12-17(13-11-16)20-18(7-6-14-26-20)15-24-21(25)22(2,23)19-8-4-3-5-9-19;/h3-5,8-13,18,20H,6-7,14-15,23H2,1-2H3,(H,24,25);1H. The zero-order chi connectivity index (χ0) is 18.6. The van der Waals surface area contributed by atoms with Crippen LogP contribution in [-0.2, 0) is 15.1 Å². The highest BCUT2D eigenvalue weighted by Crippen LogP contribution is 2.33. The van der Waals surface area contributed by atoms with Crippen LogP contribution < -0.4 is 11.1 Å². The molecule has 27 heavy (non-hydrogen) atoms. The number of hydrogen-bond donors (Lipinski definition) is 2. The molecule has 5 heteroatoms. The summed E-state index contributed by atoms with van der Waals surface area (Å²) in [5.41, 5.74) is 8.49. The minimum atomic E-state index is -1.05. The Morgan fingerprint density at radius 3 is 2.52 bits per heavy atom. The first kappa shape index (κ1) is 21.4. The van der Waals surface area contributed by atoms with Crippen molar-refractivity contribution in [2.24, 2.45) is 11.7 Å². The van der Waals surface area contributed by atoms with Crippen LogP contribution in [0.5, 0.6) is 0 Å². The van der Waals surface area contributed by atoms with E-state index in [9.17, 15) is 4.79 Å². The van der Waals surface area contributed by atoms with Gasteiger partial charge in [-0.3, -0.25) is 4.79 Å². The molecule has 1 aliphatic rings. The molecule has 3 unspecified atom stereocenters. The number of aryl methyl sites for hydroxylation is 1. The van der Waals surface area contributed by atoms with Gasteiger partial charge >= 0.3 is 0 Å². The van der Waals surface area contributed by atoms with Gasteiger partial charge in [0.15, 0.2) is 0 Å². The van der Waals surface area contributed by atoms with Crippen molar-refractivity contribution in [2.45, 2.75) is 38.3 Å². The molecule has 2 aromatic carbocycles. The molecule has 0 aliphatic carbocycles. The van der Waals surface area contributed by atoms with Crippen molar-refractivity contribution in [3.8, 4) is 0 Å². The number of carbonyl (C=O) groups is 1. The van der Waals surface area contributed by atoms with Crippen LogP contribution in [0.1, 0.15) is 42.6 Å². The molecule has 1 fully saturated rings. The second-order valence-electron chi connectivity index (χ2n) is 7.38. The van der Waals surface area contributed by atoms with Crippen LogP contribution in [0.25, 0.3) is 0 Å². The third-order valence-electron chi connectivity index (χ3n) is 5.22. The molecule has 1 saturated heterocycles. The Kier molecular flexibility index (Phi) is 7.42. The van der Waals surface area contributed by atoms with Crippen LogP contribution in [0.3, 0.4) is 0 Å². The number of nitrogens with two attached hydrogens (primary N) is 1. The van der Waals surface area contributed by atoms with Gasteiger partial charge in [0.25, 0.3) is 0 Å². The summed E-state index contributed by atoms with van der Waals surface area (Å²) in [5.74, 6) is 0.0962. The van der Waals surface area contributed by atoms with Gasteiger partial charge in [0, 0.05) is 19.1 Å².